The van der Waals surface area contributed by atoms with Crippen molar-refractivity contribution >= 4 is 5.91 Å². The molecule has 1 saturated heterocycles. The van der Waals surface area contributed by atoms with E-state index in [1.165, 1.54) is 12.8 Å². The van der Waals surface area contributed by atoms with Crippen molar-refractivity contribution in [3.8, 4) is 0 Å². The summed E-state index contributed by atoms with van der Waals surface area (Å²) in [6.45, 7) is 10.8. The van der Waals surface area contributed by atoms with Crippen LogP contribution in [0.15, 0.2) is 0 Å². The standard InChI is InChI=1S/C17H34N2O/c1-5-7-8-12-19(15(4)9-6-2)17(20)16-10-11-18-14(3)13-16/h14-16,18H,5-13H2,1-4H3/t14-,15?,16-/m0/s1. The van der Waals surface area contributed by atoms with Crippen LogP contribution >= 0.6 is 0 Å². The first-order valence-corrected chi connectivity index (χ1v) is 8.63. The average molecular weight is 282 g/mol. The molecule has 1 heterocycles. The van der Waals surface area contributed by atoms with Crippen LogP contribution in [0, 0.1) is 5.92 Å². The number of rotatable bonds is 8. The Kier molecular flexibility index (Phi) is 8.20. The number of hydrogen-bond acceptors (Lipinski definition) is 2. The molecule has 1 unspecified atom stereocenters. The van der Waals surface area contributed by atoms with Gasteiger partial charge < -0.3 is 10.2 Å². The third kappa shape index (κ3) is 5.43. The van der Waals surface area contributed by atoms with Crippen molar-refractivity contribution in [3.05, 3.63) is 0 Å². The van der Waals surface area contributed by atoms with Crippen LogP contribution in [0.1, 0.15) is 72.6 Å². The topological polar surface area (TPSA) is 32.3 Å². The van der Waals surface area contributed by atoms with E-state index in [0.29, 0.717) is 18.0 Å². The molecule has 0 saturated carbocycles. The Morgan fingerprint density at radius 3 is 2.65 bits per heavy atom. The van der Waals surface area contributed by atoms with Gasteiger partial charge in [0.25, 0.3) is 0 Å². The molecule has 3 heteroatoms. The van der Waals surface area contributed by atoms with Crippen LogP contribution in [0.3, 0.4) is 0 Å². The molecule has 1 fully saturated rings. The average Bonchev–Trinajstić information content (AvgIpc) is 2.43. The molecular formula is C17H34N2O. The maximum atomic E-state index is 12.9. The monoisotopic (exact) mass is 282 g/mol. The molecule has 1 aliphatic heterocycles. The third-order valence-electron chi connectivity index (χ3n) is 4.50. The number of piperidine rings is 1. The van der Waals surface area contributed by atoms with Gasteiger partial charge in [-0.05, 0) is 46.1 Å². The normalized spacial score (nSPS) is 24.4. The first-order chi connectivity index (χ1) is 9.60. The lowest BCUT2D eigenvalue weighted by Crippen LogP contribution is -2.47. The van der Waals surface area contributed by atoms with Crippen molar-refractivity contribution in [1.82, 2.24) is 10.2 Å². The van der Waals surface area contributed by atoms with E-state index in [4.69, 9.17) is 0 Å². The lowest BCUT2D eigenvalue weighted by molar-refractivity contribution is -0.139. The van der Waals surface area contributed by atoms with Crippen molar-refractivity contribution in [2.75, 3.05) is 13.1 Å². The zero-order chi connectivity index (χ0) is 15.0. The summed E-state index contributed by atoms with van der Waals surface area (Å²) in [6, 6.07) is 0.881. The van der Waals surface area contributed by atoms with Crippen LogP contribution in [0.25, 0.3) is 0 Å². The molecule has 1 amide bonds. The van der Waals surface area contributed by atoms with Gasteiger partial charge in [0.05, 0.1) is 0 Å². The molecule has 0 bridgehead atoms. The van der Waals surface area contributed by atoms with Gasteiger partial charge in [-0.1, -0.05) is 33.1 Å². The minimum Gasteiger partial charge on any atom is -0.340 e. The summed E-state index contributed by atoms with van der Waals surface area (Å²) in [7, 11) is 0. The van der Waals surface area contributed by atoms with E-state index in [1.54, 1.807) is 0 Å². The molecule has 118 valence electrons. The third-order valence-corrected chi connectivity index (χ3v) is 4.50. The zero-order valence-electron chi connectivity index (χ0n) is 14.0. The second kappa shape index (κ2) is 9.38. The van der Waals surface area contributed by atoms with Crippen LogP contribution < -0.4 is 5.32 Å². The van der Waals surface area contributed by atoms with Crippen molar-refractivity contribution in [1.29, 1.82) is 0 Å². The number of carbonyl (C=O) groups excluding carboxylic acids is 1. The Morgan fingerprint density at radius 2 is 2.05 bits per heavy atom. The van der Waals surface area contributed by atoms with Crippen molar-refractivity contribution in [3.63, 3.8) is 0 Å². The van der Waals surface area contributed by atoms with Gasteiger partial charge in [-0.3, -0.25) is 4.79 Å². The number of carbonyl (C=O) groups is 1. The van der Waals surface area contributed by atoms with Gasteiger partial charge in [0.1, 0.15) is 0 Å². The molecule has 0 aromatic heterocycles. The maximum Gasteiger partial charge on any atom is 0.226 e. The summed E-state index contributed by atoms with van der Waals surface area (Å²) < 4.78 is 0. The first kappa shape index (κ1) is 17.5. The van der Waals surface area contributed by atoms with Gasteiger partial charge in [-0.2, -0.15) is 0 Å². The Morgan fingerprint density at radius 1 is 1.30 bits per heavy atom. The molecule has 0 radical (unpaired) electrons. The SMILES string of the molecule is CCCCCN(C(=O)[C@H]1CCN[C@@H](C)C1)C(C)CCC. The van der Waals surface area contributed by atoms with E-state index in [1.807, 2.05) is 0 Å². The summed E-state index contributed by atoms with van der Waals surface area (Å²) in [4.78, 5) is 15.0. The molecule has 1 N–H and O–H groups in total. The molecule has 20 heavy (non-hydrogen) atoms. The lowest BCUT2D eigenvalue weighted by Gasteiger charge is -2.35. The number of nitrogens with one attached hydrogen (secondary N) is 1. The Balaban J connectivity index is 2.61. The van der Waals surface area contributed by atoms with E-state index in [2.05, 4.69) is 37.9 Å². The number of nitrogens with zero attached hydrogens (tertiary/aromatic N) is 1. The largest absolute Gasteiger partial charge is 0.340 e. The van der Waals surface area contributed by atoms with Crippen LogP contribution in [-0.4, -0.2) is 36.0 Å². The predicted octanol–water partition coefficient (Wildman–Crippen LogP) is 3.58. The van der Waals surface area contributed by atoms with E-state index in [9.17, 15) is 4.79 Å². The van der Waals surface area contributed by atoms with E-state index >= 15 is 0 Å². The van der Waals surface area contributed by atoms with Crippen LogP contribution in [0.5, 0.6) is 0 Å². The molecule has 0 aliphatic carbocycles. The van der Waals surface area contributed by atoms with Crippen LogP contribution in [-0.2, 0) is 4.79 Å². The fourth-order valence-corrected chi connectivity index (χ4v) is 3.24. The first-order valence-electron chi connectivity index (χ1n) is 8.63. The van der Waals surface area contributed by atoms with Crippen molar-refractivity contribution < 1.29 is 4.79 Å². The molecule has 0 aromatic carbocycles. The van der Waals surface area contributed by atoms with Gasteiger partial charge in [0.2, 0.25) is 5.91 Å². The van der Waals surface area contributed by atoms with Gasteiger partial charge in [0.15, 0.2) is 0 Å². The molecule has 1 rings (SSSR count). The minimum atomic E-state index is 0.243. The number of hydrogen-bond donors (Lipinski definition) is 1. The van der Waals surface area contributed by atoms with E-state index < -0.39 is 0 Å². The van der Waals surface area contributed by atoms with E-state index in [0.717, 1.165) is 45.2 Å². The summed E-state index contributed by atoms with van der Waals surface area (Å²) in [5, 5.41) is 3.44. The highest BCUT2D eigenvalue weighted by molar-refractivity contribution is 5.79. The number of unbranched alkanes of at least 4 members (excludes halogenated alkanes) is 2. The highest BCUT2D eigenvalue weighted by atomic mass is 16.2. The quantitative estimate of drug-likeness (QED) is 0.690. The predicted molar refractivity (Wildman–Crippen MR) is 85.8 cm³/mol. The highest BCUT2D eigenvalue weighted by Gasteiger charge is 2.30. The van der Waals surface area contributed by atoms with E-state index in [-0.39, 0.29) is 5.92 Å². The molecular weight excluding hydrogens is 248 g/mol. The fourth-order valence-electron chi connectivity index (χ4n) is 3.24. The summed E-state index contributed by atoms with van der Waals surface area (Å²) in [6.07, 6.45) is 7.88. The molecule has 1 aliphatic rings. The van der Waals surface area contributed by atoms with Gasteiger partial charge in [-0.25, -0.2) is 0 Å². The minimum absolute atomic E-state index is 0.243. The smallest absolute Gasteiger partial charge is 0.226 e. The summed E-state index contributed by atoms with van der Waals surface area (Å²) in [5.41, 5.74) is 0. The Labute approximate surface area is 125 Å². The lowest BCUT2D eigenvalue weighted by atomic mass is 9.91. The van der Waals surface area contributed by atoms with Crippen molar-refractivity contribution in [2.45, 2.75) is 84.7 Å². The summed E-state index contributed by atoms with van der Waals surface area (Å²) in [5.74, 6) is 0.655. The van der Waals surface area contributed by atoms with Gasteiger partial charge >= 0.3 is 0 Å². The van der Waals surface area contributed by atoms with Gasteiger partial charge in [0, 0.05) is 24.5 Å². The molecule has 3 nitrogen and oxygen atoms in total. The summed E-state index contributed by atoms with van der Waals surface area (Å²) >= 11 is 0. The van der Waals surface area contributed by atoms with Crippen molar-refractivity contribution in [2.24, 2.45) is 5.92 Å². The van der Waals surface area contributed by atoms with Crippen LogP contribution in [0.2, 0.25) is 0 Å². The van der Waals surface area contributed by atoms with Gasteiger partial charge in [-0.15, -0.1) is 0 Å². The number of amides is 1. The second-order valence-electron chi connectivity index (χ2n) is 6.45. The molecule has 3 atom stereocenters. The second-order valence-corrected chi connectivity index (χ2v) is 6.45. The zero-order valence-corrected chi connectivity index (χ0v) is 14.0. The molecule has 0 spiro atoms. The molecule has 0 aromatic rings. The van der Waals surface area contributed by atoms with Crippen LogP contribution in [0.4, 0.5) is 0 Å². The Bertz CT molecular complexity index is 280. The Hall–Kier alpha value is -0.570. The fraction of sp³-hybridized carbons (Fsp3) is 0.941. The maximum absolute atomic E-state index is 12.9. The highest BCUT2D eigenvalue weighted by Crippen LogP contribution is 2.21.